The number of amides is 1. The lowest BCUT2D eigenvalue weighted by molar-refractivity contribution is -0.133. The van der Waals surface area contributed by atoms with Gasteiger partial charge < -0.3 is 10.6 Å². The number of hydrogen-bond donors (Lipinski definition) is 1. The van der Waals surface area contributed by atoms with Crippen molar-refractivity contribution in [3.05, 3.63) is 29.8 Å². The van der Waals surface area contributed by atoms with E-state index in [2.05, 4.69) is 24.0 Å². The zero-order valence-corrected chi connectivity index (χ0v) is 13.1. The minimum atomic E-state index is 0.329. The molecule has 1 aliphatic rings. The van der Waals surface area contributed by atoms with Crippen molar-refractivity contribution in [3.8, 4) is 0 Å². The fraction of sp³-hybridized carbons (Fsp3) is 0.588. The number of carbonyl (C=O) groups excluding carboxylic acids is 1. The quantitative estimate of drug-likeness (QED) is 0.816. The van der Waals surface area contributed by atoms with Crippen molar-refractivity contribution in [1.29, 1.82) is 0 Å². The molecule has 0 atom stereocenters. The number of anilines is 1. The van der Waals surface area contributed by atoms with Gasteiger partial charge >= 0.3 is 0 Å². The largest absolute Gasteiger partial charge is 0.399 e. The lowest BCUT2D eigenvalue weighted by Gasteiger charge is -2.34. The highest BCUT2D eigenvalue weighted by Crippen LogP contribution is 2.09. The average Bonchev–Trinajstić information content (AvgIpc) is 2.52. The van der Waals surface area contributed by atoms with Crippen molar-refractivity contribution >= 4 is 11.6 Å². The summed E-state index contributed by atoms with van der Waals surface area (Å²) in [5.41, 5.74) is 7.84. The molecule has 0 bridgehead atoms. The van der Waals surface area contributed by atoms with Crippen molar-refractivity contribution in [3.63, 3.8) is 0 Å². The van der Waals surface area contributed by atoms with Crippen LogP contribution in [0.2, 0.25) is 0 Å². The van der Waals surface area contributed by atoms with E-state index in [-0.39, 0.29) is 0 Å². The highest BCUT2D eigenvalue weighted by atomic mass is 16.2. The van der Waals surface area contributed by atoms with Gasteiger partial charge in [-0.3, -0.25) is 9.69 Å². The molecular weight excluding hydrogens is 262 g/mol. The number of carbonyl (C=O) groups is 1. The zero-order valence-electron chi connectivity index (χ0n) is 13.1. The van der Waals surface area contributed by atoms with Crippen molar-refractivity contribution in [2.24, 2.45) is 0 Å². The van der Waals surface area contributed by atoms with E-state index in [1.54, 1.807) is 0 Å². The van der Waals surface area contributed by atoms with Crippen molar-refractivity contribution in [2.75, 3.05) is 38.5 Å². The summed E-state index contributed by atoms with van der Waals surface area (Å²) in [6.07, 6.45) is 3.86. The van der Waals surface area contributed by atoms with Crippen LogP contribution in [-0.4, -0.2) is 48.4 Å². The predicted octanol–water partition coefficient (Wildman–Crippen LogP) is 2.15. The van der Waals surface area contributed by atoms with E-state index in [1.807, 2.05) is 17.0 Å². The lowest BCUT2D eigenvalue weighted by Crippen LogP contribution is -2.49. The van der Waals surface area contributed by atoms with Crippen molar-refractivity contribution < 1.29 is 4.79 Å². The summed E-state index contributed by atoms with van der Waals surface area (Å²) in [6.45, 7) is 6.93. The molecule has 1 saturated heterocycles. The summed E-state index contributed by atoms with van der Waals surface area (Å²) in [6, 6.07) is 8.11. The van der Waals surface area contributed by atoms with Crippen LogP contribution in [0.25, 0.3) is 0 Å². The number of nitrogens with two attached hydrogens (primary N) is 1. The molecule has 1 aromatic carbocycles. The Hall–Kier alpha value is -1.55. The number of hydrogen-bond acceptors (Lipinski definition) is 3. The maximum absolute atomic E-state index is 12.0. The molecular formula is C17H27N3O. The van der Waals surface area contributed by atoms with E-state index in [4.69, 9.17) is 5.73 Å². The molecule has 1 heterocycles. The molecule has 21 heavy (non-hydrogen) atoms. The number of unbranched alkanes of at least 4 members (excludes halogenated alkanes) is 1. The molecule has 116 valence electrons. The van der Waals surface area contributed by atoms with Gasteiger partial charge in [0.1, 0.15) is 0 Å². The van der Waals surface area contributed by atoms with Gasteiger partial charge in [0.2, 0.25) is 5.91 Å². The Labute approximate surface area is 127 Å². The SMILES string of the molecule is CCCCC(=O)N1CCN(CCc2ccc(N)cc2)CC1. The number of benzene rings is 1. The van der Waals surface area contributed by atoms with Crippen LogP contribution in [0.4, 0.5) is 5.69 Å². The maximum Gasteiger partial charge on any atom is 0.222 e. The van der Waals surface area contributed by atoms with Crippen LogP contribution in [0.15, 0.2) is 24.3 Å². The summed E-state index contributed by atoms with van der Waals surface area (Å²) >= 11 is 0. The molecule has 1 amide bonds. The third-order valence-corrected chi connectivity index (χ3v) is 4.17. The molecule has 0 saturated carbocycles. The first-order valence-corrected chi connectivity index (χ1v) is 8.03. The Morgan fingerprint density at radius 3 is 2.43 bits per heavy atom. The minimum absolute atomic E-state index is 0.329. The van der Waals surface area contributed by atoms with E-state index < -0.39 is 0 Å². The highest BCUT2D eigenvalue weighted by Gasteiger charge is 2.20. The van der Waals surface area contributed by atoms with Crippen LogP contribution >= 0.6 is 0 Å². The Morgan fingerprint density at radius 2 is 1.81 bits per heavy atom. The molecule has 0 spiro atoms. The molecule has 2 rings (SSSR count). The first-order valence-electron chi connectivity index (χ1n) is 8.03. The Balaban J connectivity index is 1.69. The normalized spacial score (nSPS) is 16.1. The second-order valence-corrected chi connectivity index (χ2v) is 5.82. The molecule has 0 unspecified atom stereocenters. The maximum atomic E-state index is 12.0. The third kappa shape index (κ3) is 5.05. The van der Waals surface area contributed by atoms with Gasteiger partial charge in [-0.25, -0.2) is 0 Å². The molecule has 2 N–H and O–H groups in total. The summed E-state index contributed by atoms with van der Waals surface area (Å²) in [5, 5.41) is 0. The van der Waals surface area contributed by atoms with E-state index in [0.29, 0.717) is 12.3 Å². The van der Waals surface area contributed by atoms with Gasteiger partial charge in [0.25, 0.3) is 0 Å². The fourth-order valence-electron chi connectivity index (χ4n) is 2.68. The number of nitrogen functional groups attached to an aromatic ring is 1. The van der Waals surface area contributed by atoms with Crippen molar-refractivity contribution in [2.45, 2.75) is 32.6 Å². The van der Waals surface area contributed by atoms with Gasteiger partial charge in [-0.05, 0) is 30.5 Å². The van der Waals surface area contributed by atoms with Crippen LogP contribution in [0.5, 0.6) is 0 Å². The lowest BCUT2D eigenvalue weighted by atomic mass is 10.1. The Morgan fingerprint density at radius 1 is 1.14 bits per heavy atom. The Kier molecular flexibility index (Phi) is 6.05. The van der Waals surface area contributed by atoms with Crippen LogP contribution in [-0.2, 0) is 11.2 Å². The molecule has 4 heteroatoms. The van der Waals surface area contributed by atoms with Gasteiger partial charge in [0, 0.05) is 44.8 Å². The number of rotatable bonds is 6. The molecule has 0 radical (unpaired) electrons. The smallest absolute Gasteiger partial charge is 0.222 e. The molecule has 0 aliphatic carbocycles. The Bertz CT molecular complexity index is 436. The fourth-order valence-corrected chi connectivity index (χ4v) is 2.68. The summed E-state index contributed by atoms with van der Waals surface area (Å²) < 4.78 is 0. The monoisotopic (exact) mass is 289 g/mol. The topological polar surface area (TPSA) is 49.6 Å². The van der Waals surface area contributed by atoms with E-state index in [1.165, 1.54) is 5.56 Å². The van der Waals surface area contributed by atoms with E-state index in [0.717, 1.165) is 57.7 Å². The van der Waals surface area contributed by atoms with E-state index in [9.17, 15) is 4.79 Å². The molecule has 1 aliphatic heterocycles. The van der Waals surface area contributed by atoms with Gasteiger partial charge in [-0.15, -0.1) is 0 Å². The highest BCUT2D eigenvalue weighted by molar-refractivity contribution is 5.76. The zero-order chi connectivity index (χ0) is 15.1. The van der Waals surface area contributed by atoms with Gasteiger partial charge in [0.05, 0.1) is 0 Å². The first kappa shape index (κ1) is 15.8. The van der Waals surface area contributed by atoms with Crippen LogP contribution in [0.1, 0.15) is 31.7 Å². The van der Waals surface area contributed by atoms with Gasteiger partial charge in [0.15, 0.2) is 0 Å². The summed E-state index contributed by atoms with van der Waals surface area (Å²) in [7, 11) is 0. The van der Waals surface area contributed by atoms with Crippen LogP contribution in [0.3, 0.4) is 0 Å². The standard InChI is InChI=1S/C17H27N3O/c1-2-3-4-17(21)20-13-11-19(12-14-20)10-9-15-5-7-16(18)8-6-15/h5-8H,2-4,9-14,18H2,1H3. The second-order valence-electron chi connectivity index (χ2n) is 5.82. The minimum Gasteiger partial charge on any atom is -0.399 e. The van der Waals surface area contributed by atoms with Crippen LogP contribution in [0, 0.1) is 0 Å². The van der Waals surface area contributed by atoms with Crippen LogP contribution < -0.4 is 5.73 Å². The third-order valence-electron chi connectivity index (χ3n) is 4.17. The second kappa shape index (κ2) is 8.03. The van der Waals surface area contributed by atoms with E-state index >= 15 is 0 Å². The molecule has 1 fully saturated rings. The van der Waals surface area contributed by atoms with Gasteiger partial charge in [-0.2, -0.15) is 0 Å². The number of nitrogens with zero attached hydrogens (tertiary/aromatic N) is 2. The van der Waals surface area contributed by atoms with Crippen molar-refractivity contribution in [1.82, 2.24) is 9.80 Å². The molecule has 0 aromatic heterocycles. The number of piperazine rings is 1. The summed E-state index contributed by atoms with van der Waals surface area (Å²) in [5.74, 6) is 0.329. The first-order chi connectivity index (χ1) is 10.2. The summed E-state index contributed by atoms with van der Waals surface area (Å²) in [4.78, 5) is 16.4. The molecule has 4 nitrogen and oxygen atoms in total. The predicted molar refractivity (Wildman–Crippen MR) is 87.1 cm³/mol. The average molecular weight is 289 g/mol. The van der Waals surface area contributed by atoms with Gasteiger partial charge in [-0.1, -0.05) is 25.5 Å². The molecule has 1 aromatic rings.